The van der Waals surface area contributed by atoms with Crippen LogP contribution in [-0.2, 0) is 4.79 Å². The number of carbonyl (C=O) groups excluding carboxylic acids is 1. The summed E-state index contributed by atoms with van der Waals surface area (Å²) in [5.74, 6) is -0.0788. The lowest BCUT2D eigenvalue weighted by Gasteiger charge is -2.34. The van der Waals surface area contributed by atoms with E-state index < -0.39 is 0 Å². The van der Waals surface area contributed by atoms with Crippen molar-refractivity contribution >= 4 is 34.7 Å². The molecule has 1 heterocycles. The quantitative estimate of drug-likeness (QED) is 0.801. The van der Waals surface area contributed by atoms with Gasteiger partial charge in [-0.25, -0.2) is 0 Å². The Bertz CT molecular complexity index is 523. The number of nitrogens with zero attached hydrogens (tertiary/aromatic N) is 2. The van der Waals surface area contributed by atoms with Crippen LogP contribution in [0.3, 0.4) is 0 Å². The fourth-order valence-corrected chi connectivity index (χ4v) is 2.66. The second kappa shape index (κ2) is 6.61. The van der Waals surface area contributed by atoms with Crippen molar-refractivity contribution in [3.05, 3.63) is 40.4 Å². The summed E-state index contributed by atoms with van der Waals surface area (Å²) in [6, 6.07) is 6.16. The third-order valence-electron chi connectivity index (χ3n) is 3.58. The van der Waals surface area contributed by atoms with Gasteiger partial charge in [0.15, 0.2) is 0 Å². The van der Waals surface area contributed by atoms with E-state index in [0.29, 0.717) is 21.2 Å². The molecule has 1 aromatic carbocycles. The molecule has 0 bridgehead atoms. The zero-order chi connectivity index (χ0) is 14.7. The lowest BCUT2D eigenvalue weighted by Crippen LogP contribution is -2.48. The predicted octanol–water partition coefficient (Wildman–Crippen LogP) is 2.97. The number of piperazine rings is 1. The standard InChI is InChI=1S/C15H17Cl2N2O/c1-3-18-7-9-19(10-8-18)15(20)11(2)12-5-4-6-13(16)14(12)17/h4-5H,2-3,7-10H2,1H3. The molecule has 1 radical (unpaired) electrons. The molecule has 2 rings (SSSR count). The number of amides is 1. The molecule has 20 heavy (non-hydrogen) atoms. The maximum absolute atomic E-state index is 12.5. The monoisotopic (exact) mass is 311 g/mol. The van der Waals surface area contributed by atoms with Crippen LogP contribution in [-0.4, -0.2) is 48.4 Å². The molecular weight excluding hydrogens is 295 g/mol. The third-order valence-corrected chi connectivity index (χ3v) is 4.37. The maximum atomic E-state index is 12.5. The lowest BCUT2D eigenvalue weighted by atomic mass is 10.1. The van der Waals surface area contributed by atoms with Gasteiger partial charge in [0.05, 0.1) is 10.0 Å². The molecule has 1 aliphatic rings. The van der Waals surface area contributed by atoms with Gasteiger partial charge in [-0.05, 0) is 6.54 Å². The van der Waals surface area contributed by atoms with Crippen molar-refractivity contribution < 1.29 is 4.79 Å². The fourth-order valence-electron chi connectivity index (χ4n) is 2.26. The average Bonchev–Trinajstić information content (AvgIpc) is 2.48. The Morgan fingerprint density at radius 2 is 2.00 bits per heavy atom. The Morgan fingerprint density at radius 1 is 1.35 bits per heavy atom. The highest BCUT2D eigenvalue weighted by Gasteiger charge is 2.24. The molecule has 0 saturated carbocycles. The molecule has 0 atom stereocenters. The van der Waals surface area contributed by atoms with E-state index in [4.69, 9.17) is 23.2 Å². The highest BCUT2D eigenvalue weighted by atomic mass is 35.5. The number of rotatable bonds is 3. The van der Waals surface area contributed by atoms with Crippen LogP contribution in [0.4, 0.5) is 0 Å². The first-order valence-electron chi connectivity index (χ1n) is 6.61. The molecule has 0 spiro atoms. The Kier molecular flexibility index (Phi) is 5.08. The van der Waals surface area contributed by atoms with E-state index in [2.05, 4.69) is 24.5 Å². The molecule has 1 saturated heterocycles. The van der Waals surface area contributed by atoms with Crippen LogP contribution in [0, 0.1) is 6.07 Å². The fraction of sp³-hybridized carbons (Fsp3) is 0.400. The summed E-state index contributed by atoms with van der Waals surface area (Å²) in [6.45, 7) is 10.2. The normalized spacial score (nSPS) is 16.2. The van der Waals surface area contributed by atoms with Crippen LogP contribution < -0.4 is 0 Å². The third kappa shape index (κ3) is 3.17. The van der Waals surface area contributed by atoms with Gasteiger partial charge < -0.3 is 9.80 Å². The molecule has 107 valence electrons. The van der Waals surface area contributed by atoms with Crippen molar-refractivity contribution in [2.45, 2.75) is 6.92 Å². The molecule has 0 N–H and O–H groups in total. The number of carbonyl (C=O) groups is 1. The SMILES string of the molecule is C=C(C(=O)N1CCN(CC)CC1)c1cc[c]c(Cl)c1Cl. The van der Waals surface area contributed by atoms with Gasteiger partial charge in [0.1, 0.15) is 0 Å². The minimum Gasteiger partial charge on any atom is -0.336 e. The summed E-state index contributed by atoms with van der Waals surface area (Å²) >= 11 is 12.0. The van der Waals surface area contributed by atoms with Gasteiger partial charge >= 0.3 is 0 Å². The number of hydrogen-bond donors (Lipinski definition) is 0. The second-order valence-electron chi connectivity index (χ2n) is 4.72. The number of halogens is 2. The Hall–Kier alpha value is -1.03. The molecule has 5 heteroatoms. The van der Waals surface area contributed by atoms with E-state index in [1.54, 1.807) is 12.1 Å². The van der Waals surface area contributed by atoms with Crippen molar-refractivity contribution in [1.29, 1.82) is 0 Å². The topological polar surface area (TPSA) is 23.6 Å². The van der Waals surface area contributed by atoms with Gasteiger partial charge in [-0.2, -0.15) is 0 Å². The van der Waals surface area contributed by atoms with Crippen LogP contribution in [0.15, 0.2) is 18.7 Å². The largest absolute Gasteiger partial charge is 0.336 e. The summed E-state index contributed by atoms with van der Waals surface area (Å²) < 4.78 is 0. The highest BCUT2D eigenvalue weighted by molar-refractivity contribution is 6.44. The van der Waals surface area contributed by atoms with Gasteiger partial charge in [-0.3, -0.25) is 4.79 Å². The molecule has 0 unspecified atom stereocenters. The van der Waals surface area contributed by atoms with Crippen LogP contribution in [0.25, 0.3) is 5.57 Å². The Labute approximate surface area is 129 Å². The lowest BCUT2D eigenvalue weighted by molar-refractivity contribution is -0.126. The molecule has 1 fully saturated rings. The summed E-state index contributed by atoms with van der Waals surface area (Å²) in [6.07, 6.45) is 0. The molecule has 0 aliphatic carbocycles. The van der Waals surface area contributed by atoms with Gasteiger partial charge in [-0.15, -0.1) is 0 Å². The molecular formula is C15H17Cl2N2O. The first-order valence-corrected chi connectivity index (χ1v) is 7.36. The van der Waals surface area contributed by atoms with Gasteiger partial charge in [0.25, 0.3) is 5.91 Å². The summed E-state index contributed by atoms with van der Waals surface area (Å²) in [7, 11) is 0. The summed E-state index contributed by atoms with van der Waals surface area (Å²) in [5, 5.41) is 0.647. The minimum atomic E-state index is -0.0788. The van der Waals surface area contributed by atoms with E-state index >= 15 is 0 Å². The summed E-state index contributed by atoms with van der Waals surface area (Å²) in [5.41, 5.74) is 0.967. The van der Waals surface area contributed by atoms with Gasteiger partial charge in [0, 0.05) is 43.4 Å². The number of benzene rings is 1. The van der Waals surface area contributed by atoms with Crippen molar-refractivity contribution in [3.8, 4) is 0 Å². The minimum absolute atomic E-state index is 0.0788. The van der Waals surface area contributed by atoms with Crippen LogP contribution in [0.5, 0.6) is 0 Å². The van der Waals surface area contributed by atoms with Gasteiger partial charge in [0.2, 0.25) is 0 Å². The van der Waals surface area contributed by atoms with Crippen LogP contribution in [0.1, 0.15) is 12.5 Å². The predicted molar refractivity (Wildman–Crippen MR) is 83.0 cm³/mol. The zero-order valence-electron chi connectivity index (χ0n) is 11.5. The second-order valence-corrected chi connectivity index (χ2v) is 5.48. The van der Waals surface area contributed by atoms with Crippen molar-refractivity contribution in [2.75, 3.05) is 32.7 Å². The van der Waals surface area contributed by atoms with E-state index in [-0.39, 0.29) is 5.91 Å². The van der Waals surface area contributed by atoms with E-state index in [9.17, 15) is 4.79 Å². The van der Waals surface area contributed by atoms with Crippen molar-refractivity contribution in [1.82, 2.24) is 9.80 Å². The molecule has 1 aromatic rings. The number of likely N-dealkylation sites (N-methyl/N-ethyl adjacent to an activating group) is 1. The average molecular weight is 312 g/mol. The first-order chi connectivity index (χ1) is 9.54. The Morgan fingerprint density at radius 3 is 2.60 bits per heavy atom. The van der Waals surface area contributed by atoms with Crippen molar-refractivity contribution in [3.63, 3.8) is 0 Å². The molecule has 1 amide bonds. The van der Waals surface area contributed by atoms with Gasteiger partial charge in [-0.1, -0.05) is 48.8 Å². The first kappa shape index (κ1) is 15.4. The number of hydrogen-bond acceptors (Lipinski definition) is 2. The molecule has 3 nitrogen and oxygen atoms in total. The van der Waals surface area contributed by atoms with Crippen LogP contribution in [0.2, 0.25) is 10.0 Å². The van der Waals surface area contributed by atoms with E-state index in [1.807, 2.05) is 4.90 Å². The summed E-state index contributed by atoms with van der Waals surface area (Å²) in [4.78, 5) is 16.6. The maximum Gasteiger partial charge on any atom is 0.254 e. The molecule has 1 aliphatic heterocycles. The van der Waals surface area contributed by atoms with Crippen LogP contribution >= 0.6 is 23.2 Å². The highest BCUT2D eigenvalue weighted by Crippen LogP contribution is 2.30. The van der Waals surface area contributed by atoms with E-state index in [1.165, 1.54) is 0 Å². The van der Waals surface area contributed by atoms with Crippen molar-refractivity contribution in [2.24, 2.45) is 0 Å². The zero-order valence-corrected chi connectivity index (χ0v) is 13.0. The molecule has 0 aromatic heterocycles. The Balaban J connectivity index is 2.10. The van der Waals surface area contributed by atoms with E-state index in [0.717, 1.165) is 32.7 Å². The smallest absolute Gasteiger partial charge is 0.254 e.